The number of carbonyl (C=O) groups excluding carboxylic acids is 2. The van der Waals surface area contributed by atoms with Gasteiger partial charge in [0, 0.05) is 9.86 Å². The van der Waals surface area contributed by atoms with Gasteiger partial charge in [0.2, 0.25) is 0 Å². The van der Waals surface area contributed by atoms with Gasteiger partial charge in [-0.2, -0.15) is 5.10 Å². The minimum absolute atomic E-state index is 0.00389. The first-order valence-corrected chi connectivity index (χ1v) is 7.97. The van der Waals surface area contributed by atoms with E-state index in [9.17, 15) is 14.4 Å². The van der Waals surface area contributed by atoms with Crippen LogP contribution < -0.4 is 5.56 Å². The van der Waals surface area contributed by atoms with Gasteiger partial charge >= 0.3 is 0 Å². The molecule has 1 aliphatic heterocycles. The Balaban J connectivity index is 1.80. The molecule has 0 aliphatic carbocycles. The fourth-order valence-electron chi connectivity index (χ4n) is 2.84. The van der Waals surface area contributed by atoms with Crippen LogP contribution in [0.25, 0.3) is 10.8 Å². The van der Waals surface area contributed by atoms with Gasteiger partial charge in [0.25, 0.3) is 17.4 Å². The second-order valence-electron chi connectivity index (χ2n) is 5.43. The zero-order valence-electron chi connectivity index (χ0n) is 12.2. The molecule has 3 aromatic rings. The van der Waals surface area contributed by atoms with Gasteiger partial charge in [-0.25, -0.2) is 5.10 Å². The molecule has 7 heteroatoms. The SMILES string of the molecule is O=C1c2ccccc2C(=O)N1Cc1n[nH]c(=O)c2ccc(Br)cc12. The standard InChI is InChI=1S/C17H10BrN3O3/c18-9-5-6-10-13(7-9)14(19-20-15(10)22)8-21-16(23)11-3-1-2-4-12(11)17(21)24/h1-7H,8H2,(H,20,22). The Labute approximate surface area is 144 Å². The van der Waals surface area contributed by atoms with Gasteiger partial charge in [0.1, 0.15) is 0 Å². The predicted molar refractivity (Wildman–Crippen MR) is 90.7 cm³/mol. The van der Waals surface area contributed by atoms with Crippen molar-refractivity contribution in [3.8, 4) is 0 Å². The molecule has 1 aromatic heterocycles. The summed E-state index contributed by atoms with van der Waals surface area (Å²) in [6.45, 7) is -0.00389. The molecule has 2 amide bonds. The molecule has 0 radical (unpaired) electrons. The lowest BCUT2D eigenvalue weighted by Crippen LogP contribution is -2.30. The van der Waals surface area contributed by atoms with Gasteiger partial charge in [-0.05, 0) is 30.3 Å². The molecule has 0 saturated carbocycles. The van der Waals surface area contributed by atoms with Crippen molar-refractivity contribution in [3.05, 3.63) is 74.1 Å². The molecular formula is C17H10BrN3O3. The Morgan fingerprint density at radius 2 is 1.62 bits per heavy atom. The van der Waals surface area contributed by atoms with Gasteiger partial charge in [-0.1, -0.05) is 28.1 Å². The molecule has 6 nitrogen and oxygen atoms in total. The smallest absolute Gasteiger partial charge is 0.269 e. The van der Waals surface area contributed by atoms with Crippen LogP contribution in [0.5, 0.6) is 0 Å². The van der Waals surface area contributed by atoms with E-state index in [0.29, 0.717) is 27.6 Å². The lowest BCUT2D eigenvalue weighted by atomic mass is 10.1. The second kappa shape index (κ2) is 5.38. The van der Waals surface area contributed by atoms with E-state index in [1.54, 1.807) is 42.5 Å². The molecule has 1 N–H and O–H groups in total. The molecule has 0 unspecified atom stereocenters. The Morgan fingerprint density at radius 1 is 0.958 bits per heavy atom. The lowest BCUT2D eigenvalue weighted by Gasteiger charge is -2.14. The quantitative estimate of drug-likeness (QED) is 0.689. The maximum Gasteiger partial charge on any atom is 0.272 e. The molecule has 24 heavy (non-hydrogen) atoms. The van der Waals surface area contributed by atoms with Gasteiger partial charge in [-0.3, -0.25) is 19.3 Å². The molecule has 0 atom stereocenters. The fraction of sp³-hybridized carbons (Fsp3) is 0.0588. The number of hydrogen-bond acceptors (Lipinski definition) is 4. The van der Waals surface area contributed by atoms with Crippen LogP contribution in [0.3, 0.4) is 0 Å². The highest BCUT2D eigenvalue weighted by Gasteiger charge is 2.35. The molecule has 2 aromatic carbocycles. The molecule has 0 saturated heterocycles. The average molecular weight is 384 g/mol. The van der Waals surface area contributed by atoms with Crippen molar-refractivity contribution in [2.75, 3.05) is 0 Å². The first-order valence-electron chi connectivity index (χ1n) is 7.18. The third-order valence-electron chi connectivity index (χ3n) is 4.02. The maximum absolute atomic E-state index is 12.5. The van der Waals surface area contributed by atoms with Crippen LogP contribution in [0.4, 0.5) is 0 Å². The summed E-state index contributed by atoms with van der Waals surface area (Å²) in [6, 6.07) is 11.9. The highest BCUT2D eigenvalue weighted by atomic mass is 79.9. The number of fused-ring (bicyclic) bond motifs is 2. The number of rotatable bonds is 2. The van der Waals surface area contributed by atoms with E-state index in [0.717, 1.165) is 9.37 Å². The highest BCUT2D eigenvalue weighted by molar-refractivity contribution is 9.10. The molecule has 0 fully saturated rings. The third kappa shape index (κ3) is 2.16. The number of hydrogen-bond donors (Lipinski definition) is 1. The van der Waals surface area contributed by atoms with Crippen molar-refractivity contribution >= 4 is 38.5 Å². The molecule has 1 aliphatic rings. The van der Waals surface area contributed by atoms with Crippen LogP contribution in [0, 0.1) is 0 Å². The second-order valence-corrected chi connectivity index (χ2v) is 6.35. The van der Waals surface area contributed by atoms with E-state index >= 15 is 0 Å². The molecule has 0 bridgehead atoms. The van der Waals surface area contributed by atoms with Crippen molar-refractivity contribution < 1.29 is 9.59 Å². The predicted octanol–water partition coefficient (Wildman–Crippen LogP) is 2.48. The summed E-state index contributed by atoms with van der Waals surface area (Å²) in [7, 11) is 0. The Hall–Kier alpha value is -2.80. The van der Waals surface area contributed by atoms with Gasteiger partial charge < -0.3 is 0 Å². The monoisotopic (exact) mass is 383 g/mol. The highest BCUT2D eigenvalue weighted by Crippen LogP contribution is 2.26. The lowest BCUT2D eigenvalue weighted by molar-refractivity contribution is 0.0641. The molecular weight excluding hydrogens is 374 g/mol. The van der Waals surface area contributed by atoms with E-state index in [1.807, 2.05) is 0 Å². The Bertz CT molecular complexity index is 1040. The van der Waals surface area contributed by atoms with E-state index in [1.165, 1.54) is 0 Å². The first-order chi connectivity index (χ1) is 11.6. The van der Waals surface area contributed by atoms with E-state index in [4.69, 9.17) is 0 Å². The van der Waals surface area contributed by atoms with Gasteiger partial charge in [0.05, 0.1) is 28.8 Å². The number of nitrogens with one attached hydrogen (secondary N) is 1. The van der Waals surface area contributed by atoms with Crippen LogP contribution in [-0.4, -0.2) is 26.9 Å². The topological polar surface area (TPSA) is 83.1 Å². The third-order valence-corrected chi connectivity index (χ3v) is 4.51. The molecule has 0 spiro atoms. The summed E-state index contributed by atoms with van der Waals surface area (Å²) in [5.41, 5.74) is 0.916. The van der Waals surface area contributed by atoms with Crippen LogP contribution in [0.2, 0.25) is 0 Å². The minimum atomic E-state index is -0.355. The van der Waals surface area contributed by atoms with E-state index < -0.39 is 0 Å². The number of carbonyl (C=O) groups is 2. The zero-order valence-corrected chi connectivity index (χ0v) is 13.8. The largest absolute Gasteiger partial charge is 0.272 e. The summed E-state index contributed by atoms with van der Waals surface area (Å²) in [4.78, 5) is 38.0. The fourth-order valence-corrected chi connectivity index (χ4v) is 3.21. The number of aromatic amines is 1. The van der Waals surface area contributed by atoms with Crippen LogP contribution in [-0.2, 0) is 6.54 Å². The molecule has 118 valence electrons. The van der Waals surface area contributed by atoms with Crippen LogP contribution in [0.15, 0.2) is 51.7 Å². The summed E-state index contributed by atoms with van der Waals surface area (Å²) in [6.07, 6.45) is 0. The van der Waals surface area contributed by atoms with Crippen LogP contribution >= 0.6 is 15.9 Å². The number of halogens is 1. The van der Waals surface area contributed by atoms with Gasteiger partial charge in [0.15, 0.2) is 0 Å². The summed E-state index contributed by atoms with van der Waals surface area (Å²) >= 11 is 3.36. The van der Waals surface area contributed by atoms with E-state index in [2.05, 4.69) is 26.1 Å². The zero-order chi connectivity index (χ0) is 16.8. The minimum Gasteiger partial charge on any atom is -0.269 e. The van der Waals surface area contributed by atoms with Crippen molar-refractivity contribution in [2.24, 2.45) is 0 Å². The van der Waals surface area contributed by atoms with Gasteiger partial charge in [-0.15, -0.1) is 0 Å². The van der Waals surface area contributed by atoms with E-state index in [-0.39, 0.29) is 23.9 Å². The average Bonchev–Trinajstić information content (AvgIpc) is 2.82. The van der Waals surface area contributed by atoms with Crippen molar-refractivity contribution in [1.82, 2.24) is 15.1 Å². The van der Waals surface area contributed by atoms with Crippen LogP contribution in [0.1, 0.15) is 26.4 Å². The summed E-state index contributed by atoms with van der Waals surface area (Å²) in [5, 5.41) is 7.51. The maximum atomic E-state index is 12.5. The summed E-state index contributed by atoms with van der Waals surface area (Å²) < 4.78 is 0.783. The summed E-state index contributed by atoms with van der Waals surface area (Å²) in [5.74, 6) is -0.710. The Morgan fingerprint density at radius 3 is 2.29 bits per heavy atom. The first kappa shape index (κ1) is 14.8. The molecule has 4 rings (SSSR count). The number of benzene rings is 2. The number of amides is 2. The number of aromatic nitrogens is 2. The van der Waals surface area contributed by atoms with Crippen molar-refractivity contribution in [3.63, 3.8) is 0 Å². The van der Waals surface area contributed by atoms with Crippen molar-refractivity contribution in [1.29, 1.82) is 0 Å². The Kier molecular flexibility index (Phi) is 3.31. The van der Waals surface area contributed by atoms with Crippen molar-refractivity contribution in [2.45, 2.75) is 6.54 Å². The number of H-pyrrole nitrogens is 1. The normalized spacial score (nSPS) is 13.6. The number of imide groups is 1. The number of nitrogens with zero attached hydrogens (tertiary/aromatic N) is 2. The molecule has 2 heterocycles.